The molecule has 0 saturated carbocycles. The Labute approximate surface area is 189 Å². The van der Waals surface area contributed by atoms with Crippen molar-refractivity contribution in [1.29, 1.82) is 0 Å². The monoisotopic (exact) mass is 448 g/mol. The lowest BCUT2D eigenvalue weighted by molar-refractivity contribution is -0.108. The number of hydrogen-bond acceptors (Lipinski definition) is 6. The van der Waals surface area contributed by atoms with Gasteiger partial charge in [0.15, 0.2) is 0 Å². The van der Waals surface area contributed by atoms with E-state index in [1.165, 1.54) is 5.56 Å². The predicted octanol–water partition coefficient (Wildman–Crippen LogP) is 2.54. The Morgan fingerprint density at radius 3 is 2.94 bits per heavy atom. The van der Waals surface area contributed by atoms with Gasteiger partial charge in [-0.25, -0.2) is 4.79 Å². The van der Waals surface area contributed by atoms with Gasteiger partial charge < -0.3 is 25.1 Å². The average Bonchev–Trinajstić information content (AvgIpc) is 3.47. The van der Waals surface area contributed by atoms with Crippen molar-refractivity contribution >= 4 is 29.3 Å². The number of rotatable bonds is 6. The first-order chi connectivity index (χ1) is 16.0. The summed E-state index contributed by atoms with van der Waals surface area (Å²) < 4.78 is 11.3. The Bertz CT molecular complexity index is 1270. The van der Waals surface area contributed by atoms with Gasteiger partial charge in [-0.1, -0.05) is 6.07 Å². The van der Waals surface area contributed by atoms with Crippen LogP contribution in [0.5, 0.6) is 5.75 Å². The molecule has 9 nitrogen and oxygen atoms in total. The zero-order valence-corrected chi connectivity index (χ0v) is 18.1. The van der Waals surface area contributed by atoms with Crippen LogP contribution in [0.4, 0.5) is 4.79 Å². The number of carbonyl (C=O) groups excluding carboxylic acids is 3. The minimum Gasteiger partial charge on any atom is -0.497 e. The van der Waals surface area contributed by atoms with Crippen LogP contribution < -0.4 is 21.1 Å². The summed E-state index contributed by atoms with van der Waals surface area (Å²) in [5.41, 5.74) is 10.6. The molecule has 33 heavy (non-hydrogen) atoms. The minimum absolute atomic E-state index is 0.0111. The predicted molar refractivity (Wildman–Crippen MR) is 120 cm³/mol. The van der Waals surface area contributed by atoms with Gasteiger partial charge in [0.05, 0.1) is 7.11 Å². The fourth-order valence-corrected chi connectivity index (χ4v) is 4.67. The van der Waals surface area contributed by atoms with E-state index < -0.39 is 12.1 Å². The van der Waals surface area contributed by atoms with Gasteiger partial charge in [-0.3, -0.25) is 14.9 Å². The number of aryl methyl sites for hydroxylation is 1. The van der Waals surface area contributed by atoms with Crippen molar-refractivity contribution in [3.63, 3.8) is 0 Å². The third kappa shape index (κ3) is 3.80. The number of benzene rings is 2. The summed E-state index contributed by atoms with van der Waals surface area (Å²) in [5.74, 6) is 0.935. The van der Waals surface area contributed by atoms with Gasteiger partial charge in [0.2, 0.25) is 6.41 Å². The molecule has 0 fully saturated rings. The normalized spacial score (nSPS) is 17.6. The van der Waals surface area contributed by atoms with Crippen molar-refractivity contribution in [2.45, 2.75) is 31.5 Å². The largest absolute Gasteiger partial charge is 0.497 e. The molecule has 0 unspecified atom stereocenters. The first-order valence-electron chi connectivity index (χ1n) is 10.8. The lowest BCUT2D eigenvalue weighted by Crippen LogP contribution is -2.42. The van der Waals surface area contributed by atoms with E-state index >= 15 is 0 Å². The molecule has 1 aromatic heterocycles. The Morgan fingerprint density at radius 1 is 1.30 bits per heavy atom. The van der Waals surface area contributed by atoms with Crippen LogP contribution in [-0.4, -0.2) is 36.9 Å². The molecule has 2 aliphatic rings. The number of amides is 4. The number of methoxy groups -OCH3 is 1. The van der Waals surface area contributed by atoms with Crippen LogP contribution in [0.2, 0.25) is 0 Å². The molecule has 0 bridgehead atoms. The summed E-state index contributed by atoms with van der Waals surface area (Å²) in [5, 5.41) is 5.72. The number of fused-ring (bicyclic) bond motifs is 3. The molecule has 1 aliphatic heterocycles. The van der Waals surface area contributed by atoms with Crippen LogP contribution >= 0.6 is 0 Å². The van der Waals surface area contributed by atoms with E-state index in [1.807, 2.05) is 24.3 Å². The number of furan rings is 1. The van der Waals surface area contributed by atoms with E-state index in [0.29, 0.717) is 35.6 Å². The highest BCUT2D eigenvalue weighted by Crippen LogP contribution is 2.35. The van der Waals surface area contributed by atoms with E-state index in [9.17, 15) is 14.4 Å². The Hall–Kier alpha value is -3.85. The van der Waals surface area contributed by atoms with Crippen LogP contribution in [0.25, 0.3) is 11.0 Å². The van der Waals surface area contributed by atoms with Crippen LogP contribution in [0.3, 0.4) is 0 Å². The SMILES string of the molecule is COc1ccc2c(c1)C(=O)N(C[C@H](NC(=O)NC=O)c1cc3cc4c(cc3o1)[C@@H](N)CC4)C2. The number of carbonyl (C=O) groups is 3. The van der Waals surface area contributed by atoms with Crippen molar-refractivity contribution < 1.29 is 23.5 Å². The highest BCUT2D eigenvalue weighted by Gasteiger charge is 2.32. The molecule has 4 N–H and O–H groups in total. The van der Waals surface area contributed by atoms with E-state index in [2.05, 4.69) is 16.7 Å². The number of nitrogens with two attached hydrogens (primary N) is 1. The molecular weight excluding hydrogens is 424 g/mol. The van der Waals surface area contributed by atoms with Gasteiger partial charge in [0.25, 0.3) is 5.91 Å². The maximum absolute atomic E-state index is 13.0. The molecule has 0 radical (unpaired) electrons. The first-order valence-corrected chi connectivity index (χ1v) is 10.8. The highest BCUT2D eigenvalue weighted by molar-refractivity contribution is 5.98. The smallest absolute Gasteiger partial charge is 0.321 e. The average molecular weight is 448 g/mol. The minimum atomic E-state index is -0.675. The first kappa shape index (κ1) is 21.0. The molecule has 1 aliphatic carbocycles. The Balaban J connectivity index is 1.45. The number of imide groups is 1. The third-order valence-corrected chi connectivity index (χ3v) is 6.36. The van der Waals surface area contributed by atoms with E-state index in [1.54, 1.807) is 18.1 Å². The van der Waals surface area contributed by atoms with Crippen molar-refractivity contribution in [2.75, 3.05) is 13.7 Å². The van der Waals surface area contributed by atoms with Crippen LogP contribution in [0.1, 0.15) is 51.3 Å². The fraction of sp³-hybridized carbons (Fsp3) is 0.292. The summed E-state index contributed by atoms with van der Waals surface area (Å²) in [6.45, 7) is 0.566. The molecule has 0 saturated heterocycles. The third-order valence-electron chi connectivity index (χ3n) is 6.36. The van der Waals surface area contributed by atoms with Gasteiger partial charge in [-0.05, 0) is 59.9 Å². The molecular formula is C24H24N4O5. The molecule has 2 aromatic carbocycles. The van der Waals surface area contributed by atoms with Crippen LogP contribution in [0.15, 0.2) is 40.8 Å². The second kappa shape index (κ2) is 8.25. The molecule has 2 heterocycles. The summed E-state index contributed by atoms with van der Waals surface area (Å²) in [6, 6.07) is 9.92. The number of nitrogens with zero attached hydrogens (tertiary/aromatic N) is 1. The topological polar surface area (TPSA) is 127 Å². The lowest BCUT2D eigenvalue weighted by Gasteiger charge is -2.23. The zero-order chi connectivity index (χ0) is 23.1. The molecule has 4 amide bonds. The van der Waals surface area contributed by atoms with Crippen LogP contribution in [-0.2, 0) is 17.8 Å². The quantitative estimate of drug-likeness (QED) is 0.498. The second-order valence-corrected chi connectivity index (χ2v) is 8.38. The number of nitrogens with one attached hydrogen (secondary N) is 2. The number of ether oxygens (including phenoxy) is 1. The molecule has 5 rings (SSSR count). The Kier molecular flexibility index (Phi) is 5.26. The van der Waals surface area contributed by atoms with Gasteiger partial charge >= 0.3 is 6.03 Å². The lowest BCUT2D eigenvalue weighted by atomic mass is 10.1. The summed E-state index contributed by atoms with van der Waals surface area (Å²) in [6.07, 6.45) is 2.13. The molecule has 0 spiro atoms. The van der Waals surface area contributed by atoms with Gasteiger partial charge in [0, 0.05) is 30.1 Å². The highest BCUT2D eigenvalue weighted by atomic mass is 16.5. The van der Waals surface area contributed by atoms with E-state index in [-0.39, 0.29) is 18.5 Å². The standard InChI is InChI=1S/C24H24N4O5/c1-32-16-4-2-14-10-28(23(30)18(14)8-16)11-20(27-24(31)26-12-29)22-7-15-6-13-3-5-19(25)17(13)9-21(15)33-22/h2,4,6-9,12,19-20H,3,5,10-11,25H2,1H3,(H2,26,27,29,31)/t19-,20-/m0/s1. The zero-order valence-electron chi connectivity index (χ0n) is 18.1. The number of hydrogen-bond donors (Lipinski definition) is 3. The van der Waals surface area contributed by atoms with Crippen molar-refractivity contribution in [3.8, 4) is 5.75 Å². The van der Waals surface area contributed by atoms with E-state index in [0.717, 1.165) is 29.4 Å². The maximum Gasteiger partial charge on any atom is 0.321 e. The van der Waals surface area contributed by atoms with Crippen molar-refractivity contribution in [2.24, 2.45) is 5.73 Å². The molecule has 9 heteroatoms. The van der Waals surface area contributed by atoms with Crippen LogP contribution in [0, 0.1) is 0 Å². The summed E-state index contributed by atoms with van der Waals surface area (Å²) in [4.78, 5) is 37.6. The van der Waals surface area contributed by atoms with Gasteiger partial charge in [0.1, 0.15) is 23.1 Å². The van der Waals surface area contributed by atoms with E-state index in [4.69, 9.17) is 14.9 Å². The van der Waals surface area contributed by atoms with Crippen molar-refractivity contribution in [1.82, 2.24) is 15.5 Å². The fourth-order valence-electron chi connectivity index (χ4n) is 4.67. The summed E-state index contributed by atoms with van der Waals surface area (Å²) in [7, 11) is 1.55. The second-order valence-electron chi connectivity index (χ2n) is 8.38. The molecule has 2 atom stereocenters. The van der Waals surface area contributed by atoms with Crippen molar-refractivity contribution in [3.05, 3.63) is 64.4 Å². The summed E-state index contributed by atoms with van der Waals surface area (Å²) >= 11 is 0. The van der Waals surface area contributed by atoms with Gasteiger partial charge in [-0.15, -0.1) is 0 Å². The Morgan fingerprint density at radius 2 is 2.15 bits per heavy atom. The maximum atomic E-state index is 13.0. The van der Waals surface area contributed by atoms with Gasteiger partial charge in [-0.2, -0.15) is 0 Å². The molecule has 170 valence electrons. The number of urea groups is 1. The molecule has 3 aromatic rings.